The molecule has 0 radical (unpaired) electrons. The number of hydrogen-bond acceptors (Lipinski definition) is 2. The van der Waals surface area contributed by atoms with Crippen LogP contribution in [0, 0.1) is 13.8 Å². The molecule has 120 valence electrons. The molecule has 0 unspecified atom stereocenters. The van der Waals surface area contributed by atoms with Crippen molar-refractivity contribution in [3.05, 3.63) is 59.2 Å². The van der Waals surface area contributed by atoms with Gasteiger partial charge in [0.15, 0.2) is 0 Å². The minimum absolute atomic E-state index is 0.0555. The number of para-hydroxylation sites is 2. The van der Waals surface area contributed by atoms with Crippen molar-refractivity contribution < 1.29 is 9.53 Å². The minimum Gasteiger partial charge on any atom is -0.491 e. The van der Waals surface area contributed by atoms with E-state index >= 15 is 0 Å². The van der Waals surface area contributed by atoms with Crippen molar-refractivity contribution in [2.45, 2.75) is 20.3 Å². The van der Waals surface area contributed by atoms with Crippen LogP contribution >= 0.6 is 0 Å². The highest BCUT2D eigenvalue weighted by molar-refractivity contribution is 5.94. The van der Waals surface area contributed by atoms with E-state index in [4.69, 9.17) is 4.74 Å². The summed E-state index contributed by atoms with van der Waals surface area (Å²) in [6, 6.07) is 14.1. The third-order valence-electron chi connectivity index (χ3n) is 4.17. The zero-order valence-electron chi connectivity index (χ0n) is 13.6. The van der Waals surface area contributed by atoms with Crippen LogP contribution in [-0.4, -0.2) is 25.7 Å². The van der Waals surface area contributed by atoms with Crippen LogP contribution in [0.3, 0.4) is 0 Å². The standard InChI is InChI=1S/C19H22N2O2/c1-14-6-5-7-15(2)18(14)23-13-11-20-19(22)21-12-10-16-8-3-4-9-17(16)21/h3-9H,10-13H2,1-2H3,(H,20,22). The Labute approximate surface area is 137 Å². The van der Waals surface area contributed by atoms with Crippen LogP contribution in [-0.2, 0) is 6.42 Å². The molecule has 0 spiro atoms. The Balaban J connectivity index is 1.51. The van der Waals surface area contributed by atoms with Gasteiger partial charge in [0, 0.05) is 12.2 Å². The Bertz CT molecular complexity index is 692. The topological polar surface area (TPSA) is 41.6 Å². The number of urea groups is 1. The molecule has 23 heavy (non-hydrogen) atoms. The molecule has 0 saturated carbocycles. The Hall–Kier alpha value is -2.49. The summed E-state index contributed by atoms with van der Waals surface area (Å²) in [7, 11) is 0. The third kappa shape index (κ3) is 3.31. The molecule has 2 aromatic rings. The maximum absolute atomic E-state index is 12.3. The number of rotatable bonds is 4. The molecule has 0 atom stereocenters. The predicted molar refractivity (Wildman–Crippen MR) is 92.3 cm³/mol. The van der Waals surface area contributed by atoms with Crippen LogP contribution in [0.4, 0.5) is 10.5 Å². The van der Waals surface area contributed by atoms with E-state index < -0.39 is 0 Å². The molecule has 0 aliphatic carbocycles. The van der Waals surface area contributed by atoms with E-state index in [1.54, 1.807) is 4.90 Å². The number of ether oxygens (including phenoxy) is 1. The molecule has 4 heteroatoms. The predicted octanol–water partition coefficient (Wildman–Crippen LogP) is 3.45. The van der Waals surface area contributed by atoms with Crippen LogP contribution in [0.1, 0.15) is 16.7 Å². The summed E-state index contributed by atoms with van der Waals surface area (Å²) in [6.07, 6.45) is 0.919. The lowest BCUT2D eigenvalue weighted by molar-refractivity contribution is 0.242. The highest BCUT2D eigenvalue weighted by atomic mass is 16.5. The largest absolute Gasteiger partial charge is 0.491 e. The first kappa shape index (κ1) is 15.4. The molecular weight excluding hydrogens is 288 g/mol. The minimum atomic E-state index is -0.0555. The molecule has 4 nitrogen and oxygen atoms in total. The maximum atomic E-state index is 12.3. The number of hydrogen-bond donors (Lipinski definition) is 1. The van der Waals surface area contributed by atoms with Gasteiger partial charge in [-0.3, -0.25) is 4.90 Å². The number of carbonyl (C=O) groups excluding carboxylic acids is 1. The fraction of sp³-hybridized carbons (Fsp3) is 0.316. The van der Waals surface area contributed by atoms with Crippen molar-refractivity contribution in [3.63, 3.8) is 0 Å². The second-order valence-electron chi connectivity index (χ2n) is 5.83. The quantitative estimate of drug-likeness (QED) is 0.879. The second kappa shape index (κ2) is 6.73. The van der Waals surface area contributed by atoms with Crippen molar-refractivity contribution in [2.75, 3.05) is 24.6 Å². The number of anilines is 1. The number of nitrogens with one attached hydrogen (secondary N) is 1. The number of nitrogens with zero attached hydrogens (tertiary/aromatic N) is 1. The fourth-order valence-electron chi connectivity index (χ4n) is 2.98. The first-order valence-corrected chi connectivity index (χ1v) is 7.99. The van der Waals surface area contributed by atoms with Crippen LogP contribution in [0.5, 0.6) is 5.75 Å². The molecular formula is C19H22N2O2. The zero-order chi connectivity index (χ0) is 16.2. The van der Waals surface area contributed by atoms with Crippen LogP contribution in [0.2, 0.25) is 0 Å². The lowest BCUT2D eigenvalue weighted by Gasteiger charge is -2.18. The molecule has 1 aliphatic heterocycles. The van der Waals surface area contributed by atoms with E-state index in [0.29, 0.717) is 13.2 Å². The molecule has 1 heterocycles. The lowest BCUT2D eigenvalue weighted by Crippen LogP contribution is -2.40. The van der Waals surface area contributed by atoms with Crippen LogP contribution in [0.15, 0.2) is 42.5 Å². The van der Waals surface area contributed by atoms with Gasteiger partial charge in [-0.1, -0.05) is 36.4 Å². The van der Waals surface area contributed by atoms with Gasteiger partial charge >= 0.3 is 6.03 Å². The van der Waals surface area contributed by atoms with E-state index in [1.165, 1.54) is 5.56 Å². The number of carbonyl (C=O) groups is 1. The van der Waals surface area contributed by atoms with E-state index in [-0.39, 0.29) is 6.03 Å². The van der Waals surface area contributed by atoms with Crippen LogP contribution < -0.4 is 15.0 Å². The van der Waals surface area contributed by atoms with E-state index in [2.05, 4.69) is 11.4 Å². The van der Waals surface area contributed by atoms with Crippen molar-refractivity contribution in [2.24, 2.45) is 0 Å². The van der Waals surface area contributed by atoms with Gasteiger partial charge in [-0.15, -0.1) is 0 Å². The number of amides is 2. The van der Waals surface area contributed by atoms with Gasteiger partial charge in [0.1, 0.15) is 12.4 Å². The molecule has 3 rings (SSSR count). The van der Waals surface area contributed by atoms with Gasteiger partial charge < -0.3 is 10.1 Å². The van der Waals surface area contributed by atoms with Gasteiger partial charge in [0.2, 0.25) is 0 Å². The molecule has 0 bridgehead atoms. The SMILES string of the molecule is Cc1cccc(C)c1OCCNC(=O)N1CCc2ccccc21. The van der Waals surface area contributed by atoms with Crippen molar-refractivity contribution >= 4 is 11.7 Å². The van der Waals surface area contributed by atoms with Gasteiger partial charge in [0.25, 0.3) is 0 Å². The zero-order valence-corrected chi connectivity index (χ0v) is 13.6. The van der Waals surface area contributed by atoms with Gasteiger partial charge in [-0.05, 0) is 43.0 Å². The molecule has 0 saturated heterocycles. The van der Waals surface area contributed by atoms with Gasteiger partial charge in [-0.25, -0.2) is 4.79 Å². The molecule has 0 aromatic heterocycles. The highest BCUT2D eigenvalue weighted by Gasteiger charge is 2.23. The molecule has 1 N–H and O–H groups in total. The fourth-order valence-corrected chi connectivity index (χ4v) is 2.98. The average molecular weight is 310 g/mol. The van der Waals surface area contributed by atoms with E-state index in [0.717, 1.165) is 35.5 Å². The summed E-state index contributed by atoms with van der Waals surface area (Å²) in [5.41, 5.74) is 4.48. The van der Waals surface area contributed by atoms with E-state index in [9.17, 15) is 4.79 Å². The number of benzene rings is 2. The summed E-state index contributed by atoms with van der Waals surface area (Å²) in [6.45, 7) is 5.76. The monoisotopic (exact) mass is 310 g/mol. The third-order valence-corrected chi connectivity index (χ3v) is 4.17. The maximum Gasteiger partial charge on any atom is 0.322 e. The Morgan fingerprint density at radius 2 is 1.87 bits per heavy atom. The second-order valence-corrected chi connectivity index (χ2v) is 5.83. The smallest absolute Gasteiger partial charge is 0.322 e. The van der Waals surface area contributed by atoms with Gasteiger partial charge in [0.05, 0.1) is 6.54 Å². The highest BCUT2D eigenvalue weighted by Crippen LogP contribution is 2.27. The van der Waals surface area contributed by atoms with Gasteiger partial charge in [-0.2, -0.15) is 0 Å². The summed E-state index contributed by atoms with van der Waals surface area (Å²) < 4.78 is 5.82. The first-order valence-electron chi connectivity index (χ1n) is 7.99. The molecule has 2 amide bonds. The summed E-state index contributed by atoms with van der Waals surface area (Å²) >= 11 is 0. The molecule has 0 fully saturated rings. The van der Waals surface area contributed by atoms with Crippen molar-refractivity contribution in [1.29, 1.82) is 0 Å². The molecule has 1 aliphatic rings. The first-order chi connectivity index (χ1) is 11.2. The van der Waals surface area contributed by atoms with Crippen molar-refractivity contribution in [3.8, 4) is 5.75 Å². The average Bonchev–Trinajstić information content (AvgIpc) is 2.97. The summed E-state index contributed by atoms with van der Waals surface area (Å²) in [4.78, 5) is 14.1. The van der Waals surface area contributed by atoms with Crippen molar-refractivity contribution in [1.82, 2.24) is 5.32 Å². The Morgan fingerprint density at radius 1 is 1.13 bits per heavy atom. The van der Waals surface area contributed by atoms with E-state index in [1.807, 2.05) is 50.2 Å². The number of aryl methyl sites for hydroxylation is 2. The number of fused-ring (bicyclic) bond motifs is 1. The molecule has 2 aromatic carbocycles. The summed E-state index contributed by atoms with van der Waals surface area (Å²) in [5, 5.41) is 2.94. The lowest BCUT2D eigenvalue weighted by atomic mass is 10.1. The van der Waals surface area contributed by atoms with Crippen LogP contribution in [0.25, 0.3) is 0 Å². The Kier molecular flexibility index (Phi) is 4.51. The Morgan fingerprint density at radius 3 is 2.65 bits per heavy atom. The summed E-state index contributed by atoms with van der Waals surface area (Å²) in [5.74, 6) is 0.910. The normalized spacial score (nSPS) is 12.9.